The number of ether oxygens (including phenoxy) is 1. The minimum Gasteiger partial charge on any atom is -0.379 e. The molecule has 37 heavy (non-hydrogen) atoms. The monoisotopic (exact) mass is 599 g/mol. The normalized spacial score (nSPS) is 11.1. The zero-order chi connectivity index (χ0) is 26.8. The number of rotatable bonds is 14. The van der Waals surface area contributed by atoms with Gasteiger partial charge in [0.05, 0.1) is 47.0 Å². The van der Waals surface area contributed by atoms with Crippen molar-refractivity contribution < 1.29 is 28.8 Å². The van der Waals surface area contributed by atoms with Gasteiger partial charge in [0.25, 0.3) is 5.91 Å². The third kappa shape index (κ3) is 8.11. The topological polar surface area (TPSA) is 127 Å². The SMILES string of the molecule is Cn1cnc2c(F)c(Nc3ccc(Br)cc3Cl)c(C(=O)NOCCOCCCCCCC(=O)NO)cc21. The molecule has 13 heteroatoms. The molecule has 0 radical (unpaired) electrons. The second kappa shape index (κ2) is 14.2. The maximum Gasteiger partial charge on any atom is 0.277 e. The molecule has 3 rings (SSSR count). The van der Waals surface area contributed by atoms with Crippen LogP contribution in [0.25, 0.3) is 11.0 Å². The molecule has 0 atom stereocenters. The molecule has 0 aliphatic heterocycles. The van der Waals surface area contributed by atoms with Gasteiger partial charge in [0.15, 0.2) is 5.82 Å². The number of carbonyl (C=O) groups excluding carboxylic acids is 2. The first-order valence-corrected chi connectivity index (χ1v) is 12.8. The van der Waals surface area contributed by atoms with Crippen LogP contribution in [0.1, 0.15) is 42.5 Å². The zero-order valence-electron chi connectivity index (χ0n) is 20.2. The summed E-state index contributed by atoms with van der Waals surface area (Å²) in [5, 5.41) is 11.7. The quantitative estimate of drug-likeness (QED) is 0.116. The summed E-state index contributed by atoms with van der Waals surface area (Å²) in [4.78, 5) is 33.2. The highest BCUT2D eigenvalue weighted by atomic mass is 79.9. The number of aromatic nitrogens is 2. The third-order valence-electron chi connectivity index (χ3n) is 5.46. The van der Waals surface area contributed by atoms with Crippen molar-refractivity contribution >= 4 is 61.8 Å². The van der Waals surface area contributed by atoms with Gasteiger partial charge in [-0.05, 0) is 37.1 Å². The van der Waals surface area contributed by atoms with Gasteiger partial charge in [-0.25, -0.2) is 20.3 Å². The number of anilines is 2. The van der Waals surface area contributed by atoms with Gasteiger partial charge in [-0.15, -0.1) is 0 Å². The minimum atomic E-state index is -0.692. The molecule has 2 amide bonds. The maximum atomic E-state index is 15.4. The molecule has 0 saturated carbocycles. The van der Waals surface area contributed by atoms with Crippen molar-refractivity contribution in [3.05, 3.63) is 51.5 Å². The first-order valence-electron chi connectivity index (χ1n) is 11.6. The summed E-state index contributed by atoms with van der Waals surface area (Å²) in [6, 6.07) is 6.58. The first-order chi connectivity index (χ1) is 17.8. The lowest BCUT2D eigenvalue weighted by atomic mass is 10.1. The standard InChI is InChI=1S/C24H28BrClFN5O5/c1-32-14-28-23-19(32)13-16(22(21(23)27)29-18-8-7-15(25)12-17(18)26)24(34)31-37-11-10-36-9-5-3-2-4-6-20(33)30-35/h7-8,12-14,29,35H,2-6,9-11H2,1H3,(H,30,33)(H,31,34). The van der Waals surface area contributed by atoms with Crippen LogP contribution in [0.4, 0.5) is 15.8 Å². The van der Waals surface area contributed by atoms with E-state index in [2.05, 4.69) is 31.7 Å². The van der Waals surface area contributed by atoms with Crippen molar-refractivity contribution in [3.63, 3.8) is 0 Å². The van der Waals surface area contributed by atoms with E-state index in [9.17, 15) is 9.59 Å². The van der Waals surface area contributed by atoms with Gasteiger partial charge in [0, 0.05) is 24.5 Å². The molecule has 0 aliphatic rings. The van der Waals surface area contributed by atoms with Gasteiger partial charge in [-0.2, -0.15) is 0 Å². The molecule has 1 heterocycles. The van der Waals surface area contributed by atoms with Crippen LogP contribution in [0.15, 0.2) is 35.1 Å². The molecule has 0 aliphatic carbocycles. The highest BCUT2D eigenvalue weighted by molar-refractivity contribution is 9.10. The van der Waals surface area contributed by atoms with Crippen molar-refractivity contribution in [2.45, 2.75) is 32.1 Å². The zero-order valence-corrected chi connectivity index (χ0v) is 22.5. The van der Waals surface area contributed by atoms with Crippen LogP contribution in [0.3, 0.4) is 0 Å². The number of fused-ring (bicyclic) bond motifs is 1. The molecule has 200 valence electrons. The van der Waals surface area contributed by atoms with E-state index in [1.165, 1.54) is 12.4 Å². The van der Waals surface area contributed by atoms with Crippen LogP contribution in [-0.2, 0) is 21.4 Å². The molecule has 1 aromatic heterocycles. The van der Waals surface area contributed by atoms with Crippen LogP contribution >= 0.6 is 27.5 Å². The number of unbranched alkanes of at least 4 members (excludes halogenated alkanes) is 3. The van der Waals surface area contributed by atoms with Crippen molar-refractivity contribution in [3.8, 4) is 0 Å². The fourth-order valence-electron chi connectivity index (χ4n) is 3.52. The Morgan fingerprint density at radius 3 is 2.70 bits per heavy atom. The summed E-state index contributed by atoms with van der Waals surface area (Å²) in [7, 11) is 1.70. The van der Waals surface area contributed by atoms with E-state index >= 15 is 4.39 Å². The average molecular weight is 601 g/mol. The Morgan fingerprint density at radius 1 is 1.16 bits per heavy atom. The summed E-state index contributed by atoms with van der Waals surface area (Å²) in [6.07, 6.45) is 4.99. The van der Waals surface area contributed by atoms with Gasteiger partial charge in [-0.3, -0.25) is 19.6 Å². The first kappa shape index (κ1) is 28.8. The average Bonchev–Trinajstić information content (AvgIpc) is 3.25. The van der Waals surface area contributed by atoms with Crippen molar-refractivity contribution in [1.29, 1.82) is 0 Å². The summed E-state index contributed by atoms with van der Waals surface area (Å²) in [5.41, 5.74) is 4.84. The smallest absolute Gasteiger partial charge is 0.277 e. The molecule has 2 aromatic carbocycles. The fourth-order valence-corrected chi connectivity index (χ4v) is 4.25. The van der Waals surface area contributed by atoms with Crippen LogP contribution in [0.2, 0.25) is 5.02 Å². The number of hydrogen-bond acceptors (Lipinski definition) is 7. The van der Waals surface area contributed by atoms with E-state index in [1.54, 1.807) is 35.3 Å². The Morgan fingerprint density at radius 2 is 1.95 bits per heavy atom. The van der Waals surface area contributed by atoms with Crippen LogP contribution < -0.4 is 16.3 Å². The van der Waals surface area contributed by atoms with E-state index in [1.807, 2.05) is 0 Å². The molecule has 0 bridgehead atoms. The highest BCUT2D eigenvalue weighted by Crippen LogP contribution is 2.34. The Bertz CT molecular complexity index is 1240. The van der Waals surface area contributed by atoms with Crippen LogP contribution in [0.5, 0.6) is 0 Å². The summed E-state index contributed by atoms with van der Waals surface area (Å²) < 4.78 is 23.3. The van der Waals surface area contributed by atoms with Crippen molar-refractivity contribution in [2.75, 3.05) is 25.1 Å². The molecule has 3 aromatic rings. The Kier molecular flexibility index (Phi) is 11.1. The summed E-state index contributed by atoms with van der Waals surface area (Å²) >= 11 is 9.62. The van der Waals surface area contributed by atoms with Gasteiger partial charge >= 0.3 is 0 Å². The number of hydrogen-bond donors (Lipinski definition) is 4. The molecule has 4 N–H and O–H groups in total. The highest BCUT2D eigenvalue weighted by Gasteiger charge is 2.22. The molecular weight excluding hydrogens is 573 g/mol. The lowest BCUT2D eigenvalue weighted by Gasteiger charge is -2.15. The van der Waals surface area contributed by atoms with E-state index in [4.69, 9.17) is 26.4 Å². The predicted molar refractivity (Wildman–Crippen MR) is 140 cm³/mol. The largest absolute Gasteiger partial charge is 0.379 e. The van der Waals surface area contributed by atoms with E-state index in [-0.39, 0.29) is 36.4 Å². The number of aryl methyl sites for hydroxylation is 1. The van der Waals surface area contributed by atoms with Gasteiger partial charge in [0.1, 0.15) is 5.52 Å². The molecule has 0 spiro atoms. The van der Waals surface area contributed by atoms with Gasteiger partial charge < -0.3 is 14.6 Å². The third-order valence-corrected chi connectivity index (χ3v) is 6.26. The molecular formula is C24H28BrClFN5O5. The minimum absolute atomic E-state index is 0.0170. The maximum absolute atomic E-state index is 15.4. The van der Waals surface area contributed by atoms with Crippen LogP contribution in [0, 0.1) is 5.82 Å². The summed E-state index contributed by atoms with van der Waals surface area (Å²) in [5.74, 6) is -1.73. The number of hydroxylamine groups is 2. The Balaban J connectivity index is 1.54. The molecule has 0 saturated heterocycles. The van der Waals surface area contributed by atoms with E-state index < -0.39 is 17.6 Å². The van der Waals surface area contributed by atoms with Crippen LogP contribution in [-0.4, -0.2) is 46.4 Å². The van der Waals surface area contributed by atoms with Crippen molar-refractivity contribution in [2.24, 2.45) is 7.05 Å². The Hall–Kier alpha value is -2.77. The number of carbonyl (C=O) groups is 2. The summed E-state index contributed by atoms with van der Waals surface area (Å²) in [6.45, 7) is 0.857. The lowest BCUT2D eigenvalue weighted by molar-refractivity contribution is -0.129. The number of halogens is 3. The lowest BCUT2D eigenvalue weighted by Crippen LogP contribution is -2.26. The number of nitrogens with zero attached hydrogens (tertiary/aromatic N) is 2. The van der Waals surface area contributed by atoms with Gasteiger partial charge in [-0.1, -0.05) is 40.4 Å². The van der Waals surface area contributed by atoms with E-state index in [0.29, 0.717) is 29.3 Å². The molecule has 0 unspecified atom stereocenters. The fraction of sp³-hybridized carbons (Fsp3) is 0.375. The second-order valence-electron chi connectivity index (χ2n) is 8.18. The number of nitrogens with one attached hydrogen (secondary N) is 3. The van der Waals surface area contributed by atoms with Gasteiger partial charge in [0.2, 0.25) is 5.91 Å². The number of benzene rings is 2. The number of amides is 2. The van der Waals surface area contributed by atoms with E-state index in [0.717, 1.165) is 23.7 Å². The molecule has 10 nitrogen and oxygen atoms in total. The Labute approximate surface area is 226 Å². The van der Waals surface area contributed by atoms with Crippen molar-refractivity contribution in [1.82, 2.24) is 20.5 Å². The predicted octanol–water partition coefficient (Wildman–Crippen LogP) is 5.01. The number of imidazole rings is 1. The second-order valence-corrected chi connectivity index (χ2v) is 9.50. The molecule has 0 fully saturated rings.